The van der Waals surface area contributed by atoms with Crippen molar-refractivity contribution in [3.05, 3.63) is 130 Å². The quantitative estimate of drug-likeness (QED) is 0.0834. The van der Waals surface area contributed by atoms with Crippen molar-refractivity contribution >= 4 is 52.9 Å². The van der Waals surface area contributed by atoms with E-state index in [9.17, 15) is 48.3 Å². The maximum atomic E-state index is 11.8. The van der Waals surface area contributed by atoms with Crippen LogP contribution in [0.3, 0.4) is 0 Å². The van der Waals surface area contributed by atoms with Crippen molar-refractivity contribution in [3.63, 3.8) is 0 Å². The van der Waals surface area contributed by atoms with Gasteiger partial charge >= 0.3 is 18.0 Å². The first-order valence-electron chi connectivity index (χ1n) is 28.3. The molecule has 3 heterocycles. The number of Topliss-reactive ketones (excluding diaryl/α,β-unsaturated/α-hetero) is 5. The monoisotopic (exact) mass is 1170 g/mol. The van der Waals surface area contributed by atoms with Crippen molar-refractivity contribution < 1.29 is 67.2 Å². The van der Waals surface area contributed by atoms with Gasteiger partial charge in [-0.25, -0.2) is 9.59 Å². The SMILES string of the molecule is CC(=O)C(C(C)C)N1CCCNC1=O.CC(=O)C(NC(=O)N1CCOCC1)C(C)C.CC(=O)COc1c(C)cccc1C.CC(=O)N1CCOCC1.CC(=O)OCc1ccccc1.CC(=O)c1cccc(O)c1C.CC(=O)c1ccccc1C. The van der Waals surface area contributed by atoms with Crippen LogP contribution < -0.4 is 15.4 Å². The molecule has 84 heavy (non-hydrogen) atoms. The second-order valence-corrected chi connectivity index (χ2v) is 20.9. The summed E-state index contributed by atoms with van der Waals surface area (Å²) in [5, 5.41) is 14.7. The molecule has 7 rings (SSSR count). The molecule has 3 fully saturated rings. The molecule has 0 aromatic heterocycles. The van der Waals surface area contributed by atoms with Crippen LogP contribution in [0.5, 0.6) is 11.5 Å². The lowest BCUT2D eigenvalue weighted by atomic mass is 9.98. The number of para-hydroxylation sites is 1. The van der Waals surface area contributed by atoms with Crippen LogP contribution in [0.1, 0.15) is 131 Å². The Morgan fingerprint density at radius 1 is 0.607 bits per heavy atom. The first kappa shape index (κ1) is 74.2. The topological polar surface area (TPSA) is 245 Å². The maximum Gasteiger partial charge on any atom is 0.318 e. The van der Waals surface area contributed by atoms with Gasteiger partial charge in [0.25, 0.3) is 0 Å². The van der Waals surface area contributed by atoms with Crippen LogP contribution in [0.2, 0.25) is 0 Å². The van der Waals surface area contributed by atoms with Gasteiger partial charge in [-0.2, -0.15) is 0 Å². The van der Waals surface area contributed by atoms with Crippen molar-refractivity contribution in [2.45, 2.75) is 129 Å². The van der Waals surface area contributed by atoms with E-state index in [4.69, 9.17) is 18.9 Å². The number of hydrogen-bond donors (Lipinski definition) is 3. The van der Waals surface area contributed by atoms with Crippen molar-refractivity contribution in [2.75, 3.05) is 72.3 Å². The van der Waals surface area contributed by atoms with Crippen LogP contribution in [-0.4, -0.2) is 157 Å². The molecule has 19 nitrogen and oxygen atoms in total. The molecule has 462 valence electrons. The second kappa shape index (κ2) is 40.5. The minimum Gasteiger partial charge on any atom is -0.508 e. The predicted octanol–water partition coefficient (Wildman–Crippen LogP) is 9.64. The average molecular weight is 1170 g/mol. The summed E-state index contributed by atoms with van der Waals surface area (Å²) in [4.78, 5) is 105. The Morgan fingerprint density at radius 2 is 1.11 bits per heavy atom. The normalized spacial score (nSPS) is 14.0. The van der Waals surface area contributed by atoms with Crippen LogP contribution in [0.15, 0.2) is 91.0 Å². The molecule has 3 aliphatic rings. The average Bonchev–Trinajstić information content (AvgIpc) is 3.51. The zero-order chi connectivity index (χ0) is 63.5. The highest BCUT2D eigenvalue weighted by atomic mass is 16.5. The molecule has 3 aliphatic heterocycles. The van der Waals surface area contributed by atoms with Gasteiger partial charge < -0.3 is 49.4 Å². The van der Waals surface area contributed by atoms with E-state index in [0.717, 1.165) is 59.6 Å². The summed E-state index contributed by atoms with van der Waals surface area (Å²) >= 11 is 0. The Hall–Kier alpha value is -7.77. The lowest BCUT2D eigenvalue weighted by molar-refractivity contribution is -0.142. The fraction of sp³-hybridized carbons (Fsp3) is 0.492. The zero-order valence-corrected chi connectivity index (χ0v) is 52.3. The molecule has 0 spiro atoms. The van der Waals surface area contributed by atoms with Crippen molar-refractivity contribution in [1.29, 1.82) is 0 Å². The summed E-state index contributed by atoms with van der Waals surface area (Å²) in [5.74, 6) is 1.44. The summed E-state index contributed by atoms with van der Waals surface area (Å²) < 4.78 is 20.4. The number of ether oxygens (including phenoxy) is 4. The fourth-order valence-electron chi connectivity index (χ4n) is 8.50. The second-order valence-electron chi connectivity index (χ2n) is 20.9. The summed E-state index contributed by atoms with van der Waals surface area (Å²) in [6.07, 6.45) is 0.919. The Morgan fingerprint density at radius 3 is 1.52 bits per heavy atom. The van der Waals surface area contributed by atoms with Gasteiger partial charge in [0.05, 0.1) is 38.5 Å². The van der Waals surface area contributed by atoms with E-state index in [1.807, 2.05) is 121 Å². The van der Waals surface area contributed by atoms with Crippen molar-refractivity contribution in [3.8, 4) is 11.5 Å². The Bertz CT molecular complexity index is 2700. The number of ketones is 5. The van der Waals surface area contributed by atoms with Gasteiger partial charge in [-0.3, -0.25) is 33.6 Å². The lowest BCUT2D eigenvalue weighted by Crippen LogP contribution is -2.55. The van der Waals surface area contributed by atoms with Gasteiger partial charge in [-0.15, -0.1) is 0 Å². The predicted molar refractivity (Wildman–Crippen MR) is 325 cm³/mol. The molecule has 0 aliphatic carbocycles. The third-order valence-corrected chi connectivity index (χ3v) is 13.0. The molecular weight excluding hydrogens is 1070 g/mol. The van der Waals surface area contributed by atoms with E-state index >= 15 is 0 Å². The molecule has 2 atom stereocenters. The molecule has 0 radical (unpaired) electrons. The number of nitrogens with zero attached hydrogens (tertiary/aromatic N) is 3. The number of phenolic OH excluding ortho intramolecular Hbond substituents is 1. The number of rotatable bonds is 13. The smallest absolute Gasteiger partial charge is 0.318 e. The molecule has 5 amide bonds. The largest absolute Gasteiger partial charge is 0.508 e. The van der Waals surface area contributed by atoms with Gasteiger partial charge in [0.1, 0.15) is 24.7 Å². The number of aryl methyl sites for hydroxylation is 3. The highest BCUT2D eigenvalue weighted by Crippen LogP contribution is 2.22. The van der Waals surface area contributed by atoms with Crippen molar-refractivity contribution in [1.82, 2.24) is 25.3 Å². The molecule has 2 unspecified atom stereocenters. The maximum absolute atomic E-state index is 11.8. The number of aromatic hydroxyl groups is 1. The summed E-state index contributed by atoms with van der Waals surface area (Å²) in [6, 6.07) is 27.1. The van der Waals surface area contributed by atoms with Crippen LogP contribution >= 0.6 is 0 Å². The molecule has 19 heteroatoms. The van der Waals surface area contributed by atoms with E-state index in [1.165, 1.54) is 27.7 Å². The third-order valence-electron chi connectivity index (χ3n) is 13.0. The molecule has 3 saturated heterocycles. The molecule has 4 aromatic rings. The minimum absolute atomic E-state index is 0.00314. The number of morpholine rings is 2. The highest BCUT2D eigenvalue weighted by Gasteiger charge is 2.31. The first-order chi connectivity index (χ1) is 39.6. The summed E-state index contributed by atoms with van der Waals surface area (Å²) in [5.41, 5.74) is 6.27. The molecule has 0 saturated carbocycles. The van der Waals surface area contributed by atoms with E-state index < -0.39 is 6.04 Å². The number of hydrogen-bond acceptors (Lipinski definition) is 14. The summed E-state index contributed by atoms with van der Waals surface area (Å²) in [6.45, 7) is 33.2. The standard InChI is InChI=1S/C11H20N2O3.C11H14O2.C10H18N2O2.2C9H10O2.C9H10O.C6H11NO2/c1-8(2)10(9(3)14)12-11(15)13-4-6-16-7-5-13;1-8-5-4-6-9(2)11(8)13-7-10(3)12;1-7(2)9(8(3)13)12-6-4-5-11-10(12)14;1-6-8(7(2)10)4-3-5-9(6)11;1-8(10)11-7-9-5-3-2-4-6-9;1-7-5-3-4-6-9(7)8(2)10;1-6(8)7-2-4-9-5-3-7/h8,10H,4-7H2,1-3H3,(H,12,15);4-6H,7H2,1-3H3;7,9H,4-6H2,1-3H3,(H,11,14);3-5,11H,1-2H3;2-6H,7H2,1H3;3-6H,1-2H3;2-5H2,1H3. The van der Waals surface area contributed by atoms with Gasteiger partial charge in [0.2, 0.25) is 5.91 Å². The van der Waals surface area contributed by atoms with Crippen LogP contribution in [0.25, 0.3) is 0 Å². The highest BCUT2D eigenvalue weighted by molar-refractivity contribution is 5.96. The number of esters is 1. The number of urea groups is 2. The number of phenols is 1. The molecule has 3 N–H and O–H groups in total. The number of benzene rings is 4. The fourth-order valence-corrected chi connectivity index (χ4v) is 8.50. The number of carbonyl (C=O) groups is 9. The van der Waals surface area contributed by atoms with Gasteiger partial charge in [-0.05, 0) is 109 Å². The van der Waals surface area contributed by atoms with Gasteiger partial charge in [0, 0.05) is 69.8 Å². The van der Waals surface area contributed by atoms with E-state index in [2.05, 4.69) is 10.6 Å². The number of nitrogens with one attached hydrogen (secondary N) is 2. The van der Waals surface area contributed by atoms with Crippen LogP contribution in [-0.2, 0) is 44.8 Å². The Balaban J connectivity index is 0.000000493. The molecule has 0 bridgehead atoms. The van der Waals surface area contributed by atoms with Gasteiger partial charge in [-0.1, -0.05) is 113 Å². The van der Waals surface area contributed by atoms with Crippen LogP contribution in [0.4, 0.5) is 9.59 Å². The number of amides is 5. The van der Waals surface area contributed by atoms with Crippen LogP contribution in [0, 0.1) is 39.5 Å². The van der Waals surface area contributed by atoms with E-state index in [1.54, 1.807) is 60.6 Å². The first-order valence-corrected chi connectivity index (χ1v) is 28.3. The Labute approximate surface area is 498 Å². The molecular formula is C65H93N5O14. The lowest BCUT2D eigenvalue weighted by Gasteiger charge is -2.35. The zero-order valence-electron chi connectivity index (χ0n) is 52.3. The Kier molecular flexibility index (Phi) is 35.8. The minimum atomic E-state index is -0.393. The van der Waals surface area contributed by atoms with Crippen molar-refractivity contribution in [2.24, 2.45) is 11.8 Å². The van der Waals surface area contributed by atoms with E-state index in [-0.39, 0.29) is 83.1 Å². The summed E-state index contributed by atoms with van der Waals surface area (Å²) in [7, 11) is 0. The van der Waals surface area contributed by atoms with E-state index in [0.29, 0.717) is 63.8 Å². The number of carbonyl (C=O) groups excluding carboxylic acids is 9. The molecule has 4 aromatic carbocycles. The third kappa shape index (κ3) is 29.5. The van der Waals surface area contributed by atoms with Gasteiger partial charge in [0.15, 0.2) is 28.9 Å².